The van der Waals surface area contributed by atoms with E-state index in [1.165, 1.54) is 5.57 Å². The first-order chi connectivity index (χ1) is 13.5. The fourth-order valence-corrected chi connectivity index (χ4v) is 4.54. The SMILES string of the molecule is CC#CCC(C)[C@H](O)/C=C/[C@@H]1[C@H]2C/C(=C/CCCC(=O)OCC)C[C@H]2C[C@H]1O. The Morgan fingerprint density at radius 3 is 2.89 bits per heavy atom. The molecule has 4 nitrogen and oxygen atoms in total. The fraction of sp³-hybridized carbons (Fsp3) is 0.708. The molecule has 0 bridgehead atoms. The van der Waals surface area contributed by atoms with Gasteiger partial charge in [0, 0.05) is 18.8 Å². The topological polar surface area (TPSA) is 66.8 Å². The molecule has 2 aliphatic carbocycles. The first-order valence-corrected chi connectivity index (χ1v) is 10.7. The molecule has 4 heteroatoms. The van der Waals surface area contributed by atoms with Gasteiger partial charge in [0.1, 0.15) is 0 Å². The molecule has 0 amide bonds. The van der Waals surface area contributed by atoms with Crippen LogP contribution in [0.4, 0.5) is 0 Å². The van der Waals surface area contributed by atoms with Gasteiger partial charge in [-0.05, 0) is 63.7 Å². The standard InChI is InChI=1S/C24H36O4/c1-4-6-9-17(3)22(25)13-12-20-21-15-18(14-19(21)16-23(20)26)10-7-8-11-24(27)28-5-2/h10,12-13,17,19-23,25-26H,5,7-9,11,14-16H2,1-3H3/b13-12+,18-10+/t17?,19-,20+,21-,22+,23+/m0/s1. The first-order valence-electron chi connectivity index (χ1n) is 10.7. The Labute approximate surface area is 170 Å². The zero-order valence-corrected chi connectivity index (χ0v) is 17.6. The minimum atomic E-state index is -0.522. The summed E-state index contributed by atoms with van der Waals surface area (Å²) in [6, 6.07) is 0. The van der Waals surface area contributed by atoms with E-state index >= 15 is 0 Å². The molecule has 2 saturated carbocycles. The molecule has 0 saturated heterocycles. The summed E-state index contributed by atoms with van der Waals surface area (Å²) in [6.07, 6.45) is 11.2. The van der Waals surface area contributed by atoms with Gasteiger partial charge < -0.3 is 14.9 Å². The summed E-state index contributed by atoms with van der Waals surface area (Å²) in [7, 11) is 0. The second-order valence-corrected chi connectivity index (χ2v) is 8.26. The molecule has 0 aromatic rings. The molecule has 0 aromatic carbocycles. The van der Waals surface area contributed by atoms with Crippen molar-refractivity contribution in [1.82, 2.24) is 0 Å². The maximum atomic E-state index is 11.4. The van der Waals surface area contributed by atoms with Crippen LogP contribution in [0, 0.1) is 35.5 Å². The van der Waals surface area contributed by atoms with Crippen LogP contribution in [-0.2, 0) is 9.53 Å². The van der Waals surface area contributed by atoms with Gasteiger partial charge in [0.2, 0.25) is 0 Å². The van der Waals surface area contributed by atoms with Crippen molar-refractivity contribution < 1.29 is 19.7 Å². The van der Waals surface area contributed by atoms with E-state index in [1.54, 1.807) is 0 Å². The van der Waals surface area contributed by atoms with Gasteiger partial charge in [-0.2, -0.15) is 0 Å². The number of fused-ring (bicyclic) bond motifs is 1. The maximum absolute atomic E-state index is 11.4. The quantitative estimate of drug-likeness (QED) is 0.271. The Bertz CT molecular complexity index is 624. The van der Waals surface area contributed by atoms with E-state index in [2.05, 4.69) is 17.9 Å². The molecule has 0 radical (unpaired) electrons. The van der Waals surface area contributed by atoms with Crippen LogP contribution in [0.15, 0.2) is 23.8 Å². The normalized spacial score (nSPS) is 30.1. The average Bonchev–Trinajstić information content (AvgIpc) is 3.18. The van der Waals surface area contributed by atoms with Crippen LogP contribution in [0.2, 0.25) is 0 Å². The van der Waals surface area contributed by atoms with Crippen molar-refractivity contribution in [2.45, 2.75) is 77.9 Å². The third-order valence-corrected chi connectivity index (χ3v) is 6.15. The van der Waals surface area contributed by atoms with E-state index in [1.807, 2.05) is 32.9 Å². The third-order valence-electron chi connectivity index (χ3n) is 6.15. The van der Waals surface area contributed by atoms with Gasteiger partial charge in [0.05, 0.1) is 18.8 Å². The lowest BCUT2D eigenvalue weighted by atomic mass is 9.89. The Morgan fingerprint density at radius 1 is 1.39 bits per heavy atom. The predicted molar refractivity (Wildman–Crippen MR) is 111 cm³/mol. The fourth-order valence-electron chi connectivity index (χ4n) is 4.54. The number of unbranched alkanes of at least 4 members (excludes halogenated alkanes) is 1. The van der Waals surface area contributed by atoms with Gasteiger partial charge in [0.15, 0.2) is 0 Å². The molecular formula is C24H36O4. The highest BCUT2D eigenvalue weighted by molar-refractivity contribution is 5.69. The van der Waals surface area contributed by atoms with Crippen molar-refractivity contribution >= 4 is 5.97 Å². The maximum Gasteiger partial charge on any atom is 0.305 e. The third kappa shape index (κ3) is 6.50. The van der Waals surface area contributed by atoms with E-state index in [0.29, 0.717) is 31.3 Å². The van der Waals surface area contributed by atoms with Crippen LogP contribution in [0.3, 0.4) is 0 Å². The van der Waals surface area contributed by atoms with Crippen LogP contribution in [0.25, 0.3) is 0 Å². The molecule has 0 aromatic heterocycles. The minimum absolute atomic E-state index is 0.0940. The molecule has 2 rings (SSSR count). The van der Waals surface area contributed by atoms with Crippen molar-refractivity contribution in [3.05, 3.63) is 23.8 Å². The van der Waals surface area contributed by atoms with Gasteiger partial charge in [-0.15, -0.1) is 11.8 Å². The summed E-state index contributed by atoms with van der Waals surface area (Å²) in [6.45, 7) is 6.08. The lowest BCUT2D eigenvalue weighted by molar-refractivity contribution is -0.143. The second-order valence-electron chi connectivity index (χ2n) is 8.26. The van der Waals surface area contributed by atoms with Crippen molar-refractivity contribution in [1.29, 1.82) is 0 Å². The Balaban J connectivity index is 1.85. The van der Waals surface area contributed by atoms with Gasteiger partial charge in [-0.3, -0.25) is 4.79 Å². The van der Waals surface area contributed by atoms with E-state index in [0.717, 1.165) is 32.1 Å². The second kappa shape index (κ2) is 11.4. The number of aliphatic hydroxyl groups excluding tert-OH is 2. The van der Waals surface area contributed by atoms with Crippen LogP contribution in [0.1, 0.15) is 65.7 Å². The van der Waals surface area contributed by atoms with Gasteiger partial charge in [0.25, 0.3) is 0 Å². The number of rotatable bonds is 9. The van der Waals surface area contributed by atoms with Gasteiger partial charge in [-0.25, -0.2) is 0 Å². The van der Waals surface area contributed by atoms with E-state index in [9.17, 15) is 15.0 Å². The molecule has 2 N–H and O–H groups in total. The van der Waals surface area contributed by atoms with Crippen molar-refractivity contribution in [2.24, 2.45) is 23.7 Å². The molecule has 2 fully saturated rings. The van der Waals surface area contributed by atoms with Crippen LogP contribution in [-0.4, -0.2) is 35.0 Å². The zero-order chi connectivity index (χ0) is 20.5. The number of hydrogen-bond acceptors (Lipinski definition) is 4. The molecule has 0 aliphatic heterocycles. The van der Waals surface area contributed by atoms with E-state index < -0.39 is 6.10 Å². The summed E-state index contributed by atoms with van der Waals surface area (Å²) < 4.78 is 4.96. The number of allylic oxidation sites excluding steroid dienone is 2. The Hall–Kier alpha value is -1.57. The summed E-state index contributed by atoms with van der Waals surface area (Å²) in [4.78, 5) is 11.4. The summed E-state index contributed by atoms with van der Waals surface area (Å²) >= 11 is 0. The van der Waals surface area contributed by atoms with Gasteiger partial charge >= 0.3 is 5.97 Å². The minimum Gasteiger partial charge on any atom is -0.466 e. The molecule has 1 unspecified atom stereocenters. The molecule has 6 atom stereocenters. The van der Waals surface area contributed by atoms with E-state index in [-0.39, 0.29) is 23.9 Å². The number of carbonyl (C=O) groups is 1. The lowest BCUT2D eigenvalue weighted by Gasteiger charge is -2.19. The molecule has 156 valence electrons. The highest BCUT2D eigenvalue weighted by Gasteiger charge is 2.44. The monoisotopic (exact) mass is 388 g/mol. The van der Waals surface area contributed by atoms with Crippen molar-refractivity contribution in [2.75, 3.05) is 6.61 Å². The number of ether oxygens (including phenoxy) is 1. The highest BCUT2D eigenvalue weighted by atomic mass is 16.5. The zero-order valence-electron chi connectivity index (χ0n) is 17.6. The molecule has 2 aliphatic rings. The van der Waals surface area contributed by atoms with Crippen LogP contribution in [0.5, 0.6) is 0 Å². The van der Waals surface area contributed by atoms with Crippen molar-refractivity contribution in [3.8, 4) is 11.8 Å². The van der Waals surface area contributed by atoms with Crippen LogP contribution >= 0.6 is 0 Å². The summed E-state index contributed by atoms with van der Waals surface area (Å²) in [5.74, 6) is 6.97. The number of carbonyl (C=O) groups excluding carboxylic acids is 1. The number of aliphatic hydroxyl groups is 2. The summed E-state index contributed by atoms with van der Waals surface area (Å²) in [5, 5.41) is 20.8. The average molecular weight is 389 g/mol. The largest absolute Gasteiger partial charge is 0.466 e. The highest BCUT2D eigenvalue weighted by Crippen LogP contribution is 2.50. The molecule has 0 heterocycles. The van der Waals surface area contributed by atoms with Crippen molar-refractivity contribution in [3.63, 3.8) is 0 Å². The molecular weight excluding hydrogens is 352 g/mol. The number of hydrogen-bond donors (Lipinski definition) is 2. The molecule has 0 spiro atoms. The first kappa shape index (κ1) is 22.7. The lowest BCUT2D eigenvalue weighted by Crippen LogP contribution is -2.19. The Kier molecular flexibility index (Phi) is 9.28. The predicted octanol–water partition coefficient (Wildman–Crippen LogP) is 4.02. The Morgan fingerprint density at radius 2 is 2.18 bits per heavy atom. The van der Waals surface area contributed by atoms with Crippen LogP contribution < -0.4 is 0 Å². The molecule has 28 heavy (non-hydrogen) atoms. The van der Waals surface area contributed by atoms with Gasteiger partial charge in [-0.1, -0.05) is 30.7 Å². The number of esters is 1. The van der Waals surface area contributed by atoms with E-state index in [4.69, 9.17) is 4.74 Å². The summed E-state index contributed by atoms with van der Waals surface area (Å²) in [5.41, 5.74) is 1.45. The smallest absolute Gasteiger partial charge is 0.305 e.